The monoisotopic (exact) mass is 283 g/mol. The number of rotatable bonds is 4. The van der Waals surface area contributed by atoms with Crippen molar-refractivity contribution in [1.29, 1.82) is 0 Å². The topological polar surface area (TPSA) is 81.2 Å². The SMILES string of the molecule is CCc1ccc(-n2nnc(C(=O)O)c2-c2ccco2)cc1. The van der Waals surface area contributed by atoms with Crippen LogP contribution in [0.1, 0.15) is 23.0 Å². The summed E-state index contributed by atoms with van der Waals surface area (Å²) in [4.78, 5) is 11.3. The van der Waals surface area contributed by atoms with Crippen molar-refractivity contribution in [2.75, 3.05) is 0 Å². The molecule has 2 heterocycles. The summed E-state index contributed by atoms with van der Waals surface area (Å²) in [6.07, 6.45) is 2.42. The van der Waals surface area contributed by atoms with Crippen LogP contribution >= 0.6 is 0 Å². The van der Waals surface area contributed by atoms with E-state index in [1.807, 2.05) is 24.3 Å². The molecular formula is C15H13N3O3. The highest BCUT2D eigenvalue weighted by Crippen LogP contribution is 2.25. The fraction of sp³-hybridized carbons (Fsp3) is 0.133. The fourth-order valence-corrected chi connectivity index (χ4v) is 2.11. The van der Waals surface area contributed by atoms with E-state index in [1.54, 1.807) is 12.1 Å². The smallest absolute Gasteiger partial charge is 0.358 e. The van der Waals surface area contributed by atoms with Crippen molar-refractivity contribution in [2.24, 2.45) is 0 Å². The number of benzene rings is 1. The molecule has 0 saturated carbocycles. The van der Waals surface area contributed by atoms with Gasteiger partial charge in [0.15, 0.2) is 5.76 Å². The molecule has 0 saturated heterocycles. The molecule has 0 amide bonds. The highest BCUT2D eigenvalue weighted by atomic mass is 16.4. The second-order valence-corrected chi connectivity index (χ2v) is 4.50. The van der Waals surface area contributed by atoms with Gasteiger partial charge in [0, 0.05) is 0 Å². The number of hydrogen-bond acceptors (Lipinski definition) is 4. The lowest BCUT2D eigenvalue weighted by atomic mass is 10.1. The third-order valence-electron chi connectivity index (χ3n) is 3.22. The Bertz CT molecular complexity index is 758. The van der Waals surface area contributed by atoms with Crippen molar-refractivity contribution in [2.45, 2.75) is 13.3 Å². The maximum Gasteiger partial charge on any atom is 0.358 e. The van der Waals surface area contributed by atoms with Gasteiger partial charge in [0.2, 0.25) is 5.69 Å². The predicted octanol–water partition coefficient (Wildman–Crippen LogP) is 2.79. The highest BCUT2D eigenvalue weighted by molar-refractivity contribution is 5.92. The molecule has 21 heavy (non-hydrogen) atoms. The molecule has 1 aromatic carbocycles. The third kappa shape index (κ3) is 2.31. The molecule has 0 bridgehead atoms. The Kier molecular flexibility index (Phi) is 3.27. The molecule has 0 aliphatic heterocycles. The minimum absolute atomic E-state index is 0.135. The molecule has 1 N–H and O–H groups in total. The van der Waals surface area contributed by atoms with Gasteiger partial charge in [-0.3, -0.25) is 0 Å². The van der Waals surface area contributed by atoms with Crippen molar-refractivity contribution in [3.8, 4) is 17.1 Å². The molecule has 6 nitrogen and oxygen atoms in total. The summed E-state index contributed by atoms with van der Waals surface area (Å²) in [5, 5.41) is 16.9. The third-order valence-corrected chi connectivity index (χ3v) is 3.22. The van der Waals surface area contributed by atoms with Crippen LogP contribution in [0.15, 0.2) is 47.1 Å². The Labute approximate surface area is 120 Å². The van der Waals surface area contributed by atoms with Gasteiger partial charge >= 0.3 is 5.97 Å². The van der Waals surface area contributed by atoms with Gasteiger partial charge in [0.1, 0.15) is 5.69 Å². The van der Waals surface area contributed by atoms with E-state index in [2.05, 4.69) is 17.2 Å². The quantitative estimate of drug-likeness (QED) is 0.796. The molecule has 3 rings (SSSR count). The molecule has 0 fully saturated rings. The van der Waals surface area contributed by atoms with Gasteiger partial charge in [-0.15, -0.1) is 5.10 Å². The van der Waals surface area contributed by atoms with Crippen LogP contribution in [0, 0.1) is 0 Å². The molecule has 0 unspecified atom stereocenters. The van der Waals surface area contributed by atoms with Crippen LogP contribution in [0.3, 0.4) is 0 Å². The van der Waals surface area contributed by atoms with Gasteiger partial charge in [0.05, 0.1) is 12.0 Å². The predicted molar refractivity (Wildman–Crippen MR) is 75.4 cm³/mol. The van der Waals surface area contributed by atoms with Gasteiger partial charge in [0.25, 0.3) is 0 Å². The van der Waals surface area contributed by atoms with Crippen LogP contribution in [0.2, 0.25) is 0 Å². The Balaban J connectivity index is 2.16. The molecule has 6 heteroatoms. The lowest BCUT2D eigenvalue weighted by Gasteiger charge is -2.05. The van der Waals surface area contributed by atoms with Crippen molar-refractivity contribution >= 4 is 5.97 Å². The number of aryl methyl sites for hydroxylation is 1. The summed E-state index contributed by atoms with van der Waals surface area (Å²) in [5.74, 6) is -0.727. The normalized spacial score (nSPS) is 10.7. The summed E-state index contributed by atoms with van der Waals surface area (Å²) < 4.78 is 6.79. The van der Waals surface area contributed by atoms with Gasteiger partial charge < -0.3 is 9.52 Å². The number of aromatic carboxylic acids is 1. The molecular weight excluding hydrogens is 270 g/mol. The molecule has 0 atom stereocenters. The molecule has 0 spiro atoms. The first-order chi connectivity index (χ1) is 10.2. The maximum absolute atomic E-state index is 11.3. The second-order valence-electron chi connectivity index (χ2n) is 4.50. The van der Waals surface area contributed by atoms with Gasteiger partial charge in [-0.2, -0.15) is 0 Å². The van der Waals surface area contributed by atoms with Gasteiger partial charge in [-0.1, -0.05) is 24.3 Å². The standard InChI is InChI=1S/C15H13N3O3/c1-2-10-5-7-11(8-6-10)18-14(12-4-3-9-21-12)13(15(19)20)16-17-18/h3-9H,2H2,1H3,(H,19,20). The van der Waals surface area contributed by atoms with Crippen LogP contribution < -0.4 is 0 Å². The van der Waals surface area contributed by atoms with E-state index in [1.165, 1.54) is 16.5 Å². The maximum atomic E-state index is 11.3. The minimum Gasteiger partial charge on any atom is -0.476 e. The number of hydrogen-bond donors (Lipinski definition) is 1. The lowest BCUT2D eigenvalue weighted by Crippen LogP contribution is -2.02. The van der Waals surface area contributed by atoms with Crippen molar-refractivity contribution in [1.82, 2.24) is 15.0 Å². The molecule has 2 aromatic heterocycles. The molecule has 0 aliphatic carbocycles. The Morgan fingerprint density at radius 1 is 1.29 bits per heavy atom. The lowest BCUT2D eigenvalue weighted by molar-refractivity contribution is 0.0691. The van der Waals surface area contributed by atoms with Gasteiger partial charge in [-0.05, 0) is 36.2 Å². The van der Waals surface area contributed by atoms with Crippen LogP contribution in [0.25, 0.3) is 17.1 Å². The van der Waals surface area contributed by atoms with E-state index < -0.39 is 5.97 Å². The minimum atomic E-state index is -1.14. The van der Waals surface area contributed by atoms with Crippen molar-refractivity contribution < 1.29 is 14.3 Å². The van der Waals surface area contributed by atoms with Crippen LogP contribution in [-0.4, -0.2) is 26.1 Å². The summed E-state index contributed by atoms with van der Waals surface area (Å²) in [7, 11) is 0. The Hall–Kier alpha value is -2.89. The van der Waals surface area contributed by atoms with Crippen molar-refractivity contribution in [3.05, 3.63) is 53.9 Å². The number of aromatic nitrogens is 3. The Morgan fingerprint density at radius 2 is 2.05 bits per heavy atom. The first-order valence-corrected chi connectivity index (χ1v) is 6.53. The molecule has 3 aromatic rings. The number of furan rings is 1. The van der Waals surface area contributed by atoms with Gasteiger partial charge in [-0.25, -0.2) is 9.48 Å². The number of carboxylic acids is 1. The van der Waals surface area contributed by atoms with Crippen LogP contribution in [0.4, 0.5) is 0 Å². The highest BCUT2D eigenvalue weighted by Gasteiger charge is 2.23. The van der Waals surface area contributed by atoms with E-state index in [9.17, 15) is 9.90 Å². The first kappa shape index (κ1) is 13.1. The fourth-order valence-electron chi connectivity index (χ4n) is 2.11. The average molecular weight is 283 g/mol. The molecule has 106 valence electrons. The molecule has 0 radical (unpaired) electrons. The summed E-state index contributed by atoms with van der Waals surface area (Å²) >= 11 is 0. The number of nitrogens with zero attached hydrogens (tertiary/aromatic N) is 3. The second kappa shape index (κ2) is 5.24. The van der Waals surface area contributed by atoms with E-state index in [0.717, 1.165) is 12.1 Å². The number of carbonyl (C=O) groups is 1. The first-order valence-electron chi connectivity index (χ1n) is 6.53. The van der Waals surface area contributed by atoms with E-state index >= 15 is 0 Å². The number of carboxylic acid groups (broad SMARTS) is 1. The zero-order chi connectivity index (χ0) is 14.8. The average Bonchev–Trinajstić information content (AvgIpc) is 3.16. The summed E-state index contributed by atoms with van der Waals surface area (Å²) in [5.41, 5.74) is 2.12. The van der Waals surface area contributed by atoms with E-state index in [0.29, 0.717) is 11.5 Å². The largest absolute Gasteiger partial charge is 0.476 e. The summed E-state index contributed by atoms with van der Waals surface area (Å²) in [6, 6.07) is 11.1. The van der Waals surface area contributed by atoms with Crippen LogP contribution in [0.5, 0.6) is 0 Å². The van der Waals surface area contributed by atoms with E-state index in [4.69, 9.17) is 4.42 Å². The van der Waals surface area contributed by atoms with E-state index in [-0.39, 0.29) is 5.69 Å². The molecule has 0 aliphatic rings. The van der Waals surface area contributed by atoms with Crippen LogP contribution in [-0.2, 0) is 6.42 Å². The Morgan fingerprint density at radius 3 is 2.62 bits per heavy atom. The summed E-state index contributed by atoms with van der Waals surface area (Å²) in [6.45, 7) is 2.07. The zero-order valence-corrected chi connectivity index (χ0v) is 11.4. The zero-order valence-electron chi connectivity index (χ0n) is 11.4. The van der Waals surface area contributed by atoms with Crippen molar-refractivity contribution in [3.63, 3.8) is 0 Å².